The van der Waals surface area contributed by atoms with Crippen molar-refractivity contribution >= 4 is 16.9 Å². The van der Waals surface area contributed by atoms with E-state index in [1.165, 1.54) is 0 Å². The largest absolute Gasteiger partial charge is 0.492 e. The number of carbonyl (C=O) groups is 1. The van der Waals surface area contributed by atoms with E-state index in [2.05, 4.69) is 5.32 Å². The third kappa shape index (κ3) is 2.68. The summed E-state index contributed by atoms with van der Waals surface area (Å²) >= 11 is 0. The van der Waals surface area contributed by atoms with Gasteiger partial charge in [-0.3, -0.25) is 4.79 Å². The summed E-state index contributed by atoms with van der Waals surface area (Å²) in [6.45, 7) is 4.12. The highest BCUT2D eigenvalue weighted by molar-refractivity contribution is 6.01. The Labute approximate surface area is 152 Å². The van der Waals surface area contributed by atoms with Crippen LogP contribution in [0.1, 0.15) is 36.7 Å². The Bertz CT molecular complexity index is 793. The second-order valence-corrected chi connectivity index (χ2v) is 7.01. The maximum Gasteiger partial charge on any atom is 0.291 e. The van der Waals surface area contributed by atoms with Crippen LogP contribution in [0.15, 0.2) is 28.7 Å². The zero-order valence-electron chi connectivity index (χ0n) is 15.2. The van der Waals surface area contributed by atoms with Gasteiger partial charge < -0.3 is 23.9 Å². The normalized spacial score (nSPS) is 24.4. The topological polar surface area (TPSA) is 69.9 Å². The van der Waals surface area contributed by atoms with Crippen LogP contribution >= 0.6 is 0 Å². The van der Waals surface area contributed by atoms with E-state index >= 15 is 0 Å². The van der Waals surface area contributed by atoms with E-state index in [0.29, 0.717) is 31.2 Å². The molecule has 26 heavy (non-hydrogen) atoms. The molecule has 2 atom stereocenters. The molecule has 2 aromatic rings. The van der Waals surface area contributed by atoms with Crippen LogP contribution in [0, 0.1) is 5.41 Å². The maximum absolute atomic E-state index is 12.9. The van der Waals surface area contributed by atoms with Gasteiger partial charge in [0.2, 0.25) is 5.76 Å². The van der Waals surface area contributed by atoms with Crippen molar-refractivity contribution in [2.45, 2.75) is 38.3 Å². The zero-order valence-corrected chi connectivity index (χ0v) is 15.2. The van der Waals surface area contributed by atoms with Gasteiger partial charge in [0.15, 0.2) is 5.75 Å². The second kappa shape index (κ2) is 6.93. The van der Waals surface area contributed by atoms with E-state index in [1.54, 1.807) is 7.11 Å². The minimum atomic E-state index is -0.233. The second-order valence-electron chi connectivity index (χ2n) is 7.01. The van der Waals surface area contributed by atoms with Gasteiger partial charge in [-0.2, -0.15) is 0 Å². The van der Waals surface area contributed by atoms with Crippen LogP contribution in [0.4, 0.5) is 0 Å². The third-order valence-electron chi connectivity index (χ3n) is 5.84. The van der Waals surface area contributed by atoms with Crippen LogP contribution < -0.4 is 10.1 Å². The van der Waals surface area contributed by atoms with Crippen molar-refractivity contribution in [1.82, 2.24) is 5.32 Å². The Morgan fingerprint density at radius 2 is 2.08 bits per heavy atom. The summed E-state index contributed by atoms with van der Waals surface area (Å²) in [6, 6.07) is 7.57. The SMILES string of the molecule is CCO[C@@H]1C[C@@H](NC(=O)c2oc3ccccc3c2OC)C12CCOCC2. The molecule has 2 aliphatic rings. The van der Waals surface area contributed by atoms with Gasteiger partial charge in [0.1, 0.15) is 5.58 Å². The maximum atomic E-state index is 12.9. The molecule has 1 amide bonds. The average Bonchev–Trinajstić information content (AvgIpc) is 3.06. The summed E-state index contributed by atoms with van der Waals surface area (Å²) in [5, 5.41) is 3.98. The summed E-state index contributed by atoms with van der Waals surface area (Å²) in [5.41, 5.74) is 0.611. The van der Waals surface area contributed by atoms with Gasteiger partial charge in [0.25, 0.3) is 5.91 Å². The molecule has 4 rings (SSSR count). The first kappa shape index (κ1) is 17.4. The van der Waals surface area contributed by atoms with E-state index in [1.807, 2.05) is 31.2 Å². The van der Waals surface area contributed by atoms with Crippen LogP contribution in [-0.4, -0.2) is 45.0 Å². The number of nitrogens with one attached hydrogen (secondary N) is 1. The van der Waals surface area contributed by atoms with Gasteiger partial charge in [-0.25, -0.2) is 0 Å². The van der Waals surface area contributed by atoms with Gasteiger partial charge >= 0.3 is 0 Å². The van der Waals surface area contributed by atoms with Crippen molar-refractivity contribution in [1.29, 1.82) is 0 Å². The van der Waals surface area contributed by atoms with Crippen molar-refractivity contribution < 1.29 is 23.4 Å². The number of carbonyl (C=O) groups excluding carboxylic acids is 1. The number of rotatable bonds is 5. The Morgan fingerprint density at radius 3 is 2.81 bits per heavy atom. The van der Waals surface area contributed by atoms with Crippen molar-refractivity contribution in [2.24, 2.45) is 5.41 Å². The predicted molar refractivity (Wildman–Crippen MR) is 96.5 cm³/mol. The lowest BCUT2D eigenvalue weighted by molar-refractivity contribution is -0.170. The van der Waals surface area contributed by atoms with E-state index in [9.17, 15) is 4.79 Å². The summed E-state index contributed by atoms with van der Waals surface area (Å²) in [7, 11) is 1.56. The molecular weight excluding hydrogens is 334 g/mol. The van der Waals surface area contributed by atoms with Gasteiger partial charge in [0, 0.05) is 31.3 Å². The molecule has 2 heterocycles. The standard InChI is InChI=1S/C20H25NO5/c1-3-25-16-12-15(20(16)8-10-24-11-9-20)21-19(22)18-17(23-2)13-6-4-5-7-14(13)26-18/h4-7,15-16H,3,8-12H2,1-2H3,(H,21,22)/t15-,16-/m1/s1. The molecule has 1 aliphatic carbocycles. The highest BCUT2D eigenvalue weighted by Gasteiger charge is 2.56. The number of hydrogen-bond acceptors (Lipinski definition) is 5. The van der Waals surface area contributed by atoms with Gasteiger partial charge in [-0.1, -0.05) is 12.1 Å². The smallest absolute Gasteiger partial charge is 0.291 e. The van der Waals surface area contributed by atoms with Crippen molar-refractivity contribution in [2.75, 3.05) is 26.9 Å². The highest BCUT2D eigenvalue weighted by Crippen LogP contribution is 2.50. The lowest BCUT2D eigenvalue weighted by atomic mass is 9.57. The molecule has 1 N–H and O–H groups in total. The lowest BCUT2D eigenvalue weighted by Gasteiger charge is -2.57. The number of hydrogen-bond donors (Lipinski definition) is 1. The number of fused-ring (bicyclic) bond motifs is 1. The molecule has 6 nitrogen and oxygen atoms in total. The fraction of sp³-hybridized carbons (Fsp3) is 0.550. The minimum absolute atomic E-state index is 0.0385. The first-order valence-electron chi connectivity index (χ1n) is 9.25. The van der Waals surface area contributed by atoms with Crippen LogP contribution in [0.3, 0.4) is 0 Å². The van der Waals surface area contributed by atoms with Crippen LogP contribution in [-0.2, 0) is 9.47 Å². The highest BCUT2D eigenvalue weighted by atomic mass is 16.5. The van der Waals surface area contributed by atoms with Crippen molar-refractivity contribution in [3.05, 3.63) is 30.0 Å². The van der Waals surface area contributed by atoms with Crippen LogP contribution in [0.2, 0.25) is 0 Å². The summed E-state index contributed by atoms with van der Waals surface area (Å²) in [4.78, 5) is 12.9. The van der Waals surface area contributed by atoms with Crippen molar-refractivity contribution in [3.63, 3.8) is 0 Å². The average molecular weight is 359 g/mol. The first-order valence-corrected chi connectivity index (χ1v) is 9.25. The Morgan fingerprint density at radius 1 is 1.31 bits per heavy atom. The quantitative estimate of drug-likeness (QED) is 0.888. The summed E-state index contributed by atoms with van der Waals surface area (Å²) in [6.07, 6.45) is 2.81. The minimum Gasteiger partial charge on any atom is -0.492 e. The fourth-order valence-corrected chi connectivity index (χ4v) is 4.40. The van der Waals surface area contributed by atoms with E-state index in [-0.39, 0.29) is 29.2 Å². The molecule has 1 aromatic heterocycles. The number of para-hydroxylation sites is 1. The number of methoxy groups -OCH3 is 1. The number of ether oxygens (including phenoxy) is 3. The van der Waals surface area contributed by atoms with E-state index in [0.717, 1.165) is 24.6 Å². The Kier molecular flexibility index (Phi) is 4.63. The lowest BCUT2D eigenvalue weighted by Crippen LogP contribution is -2.66. The summed E-state index contributed by atoms with van der Waals surface area (Å²) < 4.78 is 22.7. The van der Waals surface area contributed by atoms with Gasteiger partial charge in [-0.15, -0.1) is 0 Å². The molecule has 0 unspecified atom stereocenters. The molecule has 0 bridgehead atoms. The Balaban J connectivity index is 1.56. The monoisotopic (exact) mass is 359 g/mol. The molecular formula is C20H25NO5. The molecule has 140 valence electrons. The number of furan rings is 1. The summed E-state index contributed by atoms with van der Waals surface area (Å²) in [5.74, 6) is 0.486. The van der Waals surface area contributed by atoms with Crippen LogP contribution in [0.5, 0.6) is 5.75 Å². The molecule has 6 heteroatoms. The molecule has 1 aromatic carbocycles. The fourth-order valence-electron chi connectivity index (χ4n) is 4.40. The van der Waals surface area contributed by atoms with Gasteiger partial charge in [-0.05, 0) is 38.3 Å². The first-order chi connectivity index (χ1) is 12.7. The number of benzene rings is 1. The van der Waals surface area contributed by atoms with Crippen LogP contribution in [0.25, 0.3) is 11.0 Å². The molecule has 1 saturated heterocycles. The molecule has 1 spiro atoms. The number of amides is 1. The predicted octanol–water partition coefficient (Wildman–Crippen LogP) is 3.15. The molecule has 1 saturated carbocycles. The van der Waals surface area contributed by atoms with Crippen molar-refractivity contribution in [3.8, 4) is 5.75 Å². The molecule has 2 fully saturated rings. The Hall–Kier alpha value is -2.05. The van der Waals surface area contributed by atoms with E-state index < -0.39 is 0 Å². The zero-order chi connectivity index (χ0) is 18.1. The molecule has 1 aliphatic heterocycles. The molecule has 0 radical (unpaired) electrons. The van der Waals surface area contributed by atoms with Gasteiger partial charge in [0.05, 0.1) is 18.6 Å². The third-order valence-corrected chi connectivity index (χ3v) is 5.84. The van der Waals surface area contributed by atoms with E-state index in [4.69, 9.17) is 18.6 Å².